The Hall–Kier alpha value is -3.07. The molecule has 2 aromatic rings. The van der Waals surface area contributed by atoms with E-state index in [0.717, 1.165) is 42.5 Å². The van der Waals surface area contributed by atoms with Crippen LogP contribution in [-0.2, 0) is 16.0 Å². The van der Waals surface area contributed by atoms with Crippen LogP contribution in [0.1, 0.15) is 58.8 Å². The first-order valence-electron chi connectivity index (χ1n) is 9.09. The topological polar surface area (TPSA) is 84.1 Å². The number of imidazole rings is 1. The monoisotopic (exact) mass is 365 g/mol. The molecule has 1 aliphatic carbocycles. The van der Waals surface area contributed by atoms with Crippen molar-refractivity contribution in [1.82, 2.24) is 15.3 Å². The van der Waals surface area contributed by atoms with E-state index in [1.807, 2.05) is 6.07 Å². The van der Waals surface area contributed by atoms with Crippen LogP contribution in [0.2, 0.25) is 0 Å². The number of aromatic amines is 1. The summed E-state index contributed by atoms with van der Waals surface area (Å²) in [6, 6.07) is 4.64. The maximum Gasteiger partial charge on any atom is 0.328 e. The highest BCUT2D eigenvalue weighted by atomic mass is 16.5. The van der Waals surface area contributed by atoms with Crippen LogP contribution in [0.4, 0.5) is 0 Å². The number of hydrogen-bond acceptors (Lipinski definition) is 4. The summed E-state index contributed by atoms with van der Waals surface area (Å²) in [7, 11) is 1.31. The molecule has 6 nitrogen and oxygen atoms in total. The van der Waals surface area contributed by atoms with Crippen LogP contribution in [-0.4, -0.2) is 35.0 Å². The smallest absolute Gasteiger partial charge is 0.328 e. The summed E-state index contributed by atoms with van der Waals surface area (Å²) in [5, 5.41) is 2.81. The second kappa shape index (κ2) is 8.54. The molecule has 1 aromatic carbocycles. The number of esters is 1. The molecule has 27 heavy (non-hydrogen) atoms. The zero-order chi connectivity index (χ0) is 19.2. The number of nitrogens with zero attached hydrogens (tertiary/aromatic N) is 1. The van der Waals surface area contributed by atoms with Crippen LogP contribution >= 0.6 is 0 Å². The summed E-state index contributed by atoms with van der Waals surface area (Å²) < 4.78 is 4.85. The molecule has 1 heterocycles. The predicted molar refractivity (Wildman–Crippen MR) is 101 cm³/mol. The van der Waals surface area contributed by atoms with Gasteiger partial charge in [-0.2, -0.15) is 0 Å². The molecular weight excluding hydrogens is 342 g/mol. The van der Waals surface area contributed by atoms with Crippen LogP contribution in [0.3, 0.4) is 0 Å². The lowest BCUT2D eigenvalue weighted by Gasteiger charge is -2.19. The molecule has 1 amide bonds. The summed E-state index contributed by atoms with van der Waals surface area (Å²) in [5.74, 6) is 2.16. The Balaban J connectivity index is 1.85. The lowest BCUT2D eigenvalue weighted by atomic mass is 9.90. The molecular formula is C21H23N3O3. The molecule has 0 saturated heterocycles. The molecule has 1 fully saturated rings. The van der Waals surface area contributed by atoms with Crippen molar-refractivity contribution >= 4 is 11.9 Å². The average Bonchev–Trinajstić information content (AvgIpc) is 3.40. The van der Waals surface area contributed by atoms with E-state index in [0.29, 0.717) is 11.5 Å². The summed E-state index contributed by atoms with van der Waals surface area (Å²) in [5.41, 5.74) is 3.03. The van der Waals surface area contributed by atoms with Crippen molar-refractivity contribution in [1.29, 1.82) is 0 Å². The Morgan fingerprint density at radius 2 is 2.19 bits per heavy atom. The van der Waals surface area contributed by atoms with Gasteiger partial charge in [0.05, 0.1) is 13.4 Å². The van der Waals surface area contributed by atoms with Gasteiger partial charge in [0.15, 0.2) is 0 Å². The van der Waals surface area contributed by atoms with E-state index >= 15 is 0 Å². The van der Waals surface area contributed by atoms with Crippen LogP contribution in [0.25, 0.3) is 0 Å². The van der Waals surface area contributed by atoms with Crippen molar-refractivity contribution < 1.29 is 14.3 Å². The highest BCUT2D eigenvalue weighted by Crippen LogP contribution is 2.36. The fraction of sp³-hybridized carbons (Fsp3) is 0.381. The van der Waals surface area contributed by atoms with E-state index in [-0.39, 0.29) is 12.3 Å². The largest absolute Gasteiger partial charge is 0.467 e. The number of carbonyl (C=O) groups excluding carboxylic acids is 2. The molecule has 0 unspecified atom stereocenters. The van der Waals surface area contributed by atoms with Crippen LogP contribution < -0.4 is 5.32 Å². The van der Waals surface area contributed by atoms with Crippen molar-refractivity contribution in [2.75, 3.05) is 7.11 Å². The van der Waals surface area contributed by atoms with Crippen LogP contribution in [0.5, 0.6) is 0 Å². The number of rotatable bonds is 6. The van der Waals surface area contributed by atoms with Gasteiger partial charge in [0.1, 0.15) is 6.04 Å². The number of H-pyrrole nitrogens is 1. The Bertz CT molecular complexity index is 846. The Morgan fingerprint density at radius 3 is 2.81 bits per heavy atom. The standard InChI is InChI=1S/C21H23N3O3/c1-3-14-8-9-17(18(10-14)15-6-4-5-7-15)20(25)24-19(21(26)27-2)11-16-12-22-13-23-16/h1,8-10,12-13,15,19H,4-7,11H2,2H3,(H,22,23)(H,24,25)/t19-/m1/s1. The summed E-state index contributed by atoms with van der Waals surface area (Å²) in [4.78, 5) is 32.0. The number of amides is 1. The number of methoxy groups -OCH3 is 1. The second-order valence-corrected chi connectivity index (χ2v) is 6.76. The molecule has 1 aliphatic rings. The van der Waals surface area contributed by atoms with E-state index in [1.165, 1.54) is 13.4 Å². The molecule has 0 spiro atoms. The van der Waals surface area contributed by atoms with E-state index in [4.69, 9.17) is 11.2 Å². The maximum atomic E-state index is 13.0. The summed E-state index contributed by atoms with van der Waals surface area (Å²) in [6.07, 6.45) is 13.4. The minimum absolute atomic E-state index is 0.277. The minimum Gasteiger partial charge on any atom is -0.467 e. The molecule has 3 rings (SSSR count). The lowest BCUT2D eigenvalue weighted by Crippen LogP contribution is -2.43. The van der Waals surface area contributed by atoms with E-state index in [1.54, 1.807) is 18.3 Å². The van der Waals surface area contributed by atoms with Gasteiger partial charge < -0.3 is 15.0 Å². The number of carbonyl (C=O) groups is 2. The number of hydrogen-bond donors (Lipinski definition) is 2. The van der Waals surface area contributed by atoms with Crippen molar-refractivity contribution in [3.63, 3.8) is 0 Å². The van der Waals surface area contributed by atoms with E-state index in [9.17, 15) is 9.59 Å². The first-order chi connectivity index (χ1) is 13.1. The highest BCUT2D eigenvalue weighted by Gasteiger charge is 2.27. The zero-order valence-corrected chi connectivity index (χ0v) is 15.3. The van der Waals surface area contributed by atoms with E-state index < -0.39 is 12.0 Å². The third-order valence-corrected chi connectivity index (χ3v) is 5.03. The molecule has 2 N–H and O–H groups in total. The van der Waals surface area contributed by atoms with Gasteiger partial charge in [-0.05, 0) is 42.5 Å². The zero-order valence-electron chi connectivity index (χ0n) is 15.3. The third kappa shape index (κ3) is 4.37. The fourth-order valence-electron chi connectivity index (χ4n) is 3.62. The van der Waals surface area contributed by atoms with Gasteiger partial charge in [0.25, 0.3) is 5.91 Å². The normalized spacial score (nSPS) is 15.1. The van der Waals surface area contributed by atoms with Crippen molar-refractivity contribution in [3.8, 4) is 12.3 Å². The van der Waals surface area contributed by atoms with Gasteiger partial charge in [0, 0.05) is 29.4 Å². The molecule has 6 heteroatoms. The molecule has 0 radical (unpaired) electrons. The first kappa shape index (κ1) is 18.7. The number of ether oxygens (including phenoxy) is 1. The summed E-state index contributed by atoms with van der Waals surface area (Å²) >= 11 is 0. The van der Waals surface area contributed by atoms with Gasteiger partial charge >= 0.3 is 5.97 Å². The SMILES string of the molecule is C#Cc1ccc(C(=O)N[C@H](Cc2cnc[nH]2)C(=O)OC)c(C2CCCC2)c1. The average molecular weight is 365 g/mol. The third-order valence-electron chi connectivity index (χ3n) is 5.03. The fourth-order valence-corrected chi connectivity index (χ4v) is 3.62. The molecule has 1 aromatic heterocycles. The van der Waals surface area contributed by atoms with E-state index in [2.05, 4.69) is 21.2 Å². The Labute approximate surface area is 158 Å². The highest BCUT2D eigenvalue weighted by molar-refractivity contribution is 5.98. The van der Waals surface area contributed by atoms with Gasteiger partial charge in [-0.3, -0.25) is 4.79 Å². The van der Waals surface area contributed by atoms with Crippen LogP contribution in [0.15, 0.2) is 30.7 Å². The van der Waals surface area contributed by atoms with Crippen molar-refractivity contribution in [3.05, 3.63) is 53.1 Å². The Morgan fingerprint density at radius 1 is 1.41 bits per heavy atom. The number of terminal acetylenes is 1. The lowest BCUT2D eigenvalue weighted by molar-refractivity contribution is -0.142. The van der Waals surface area contributed by atoms with Gasteiger partial charge in [-0.15, -0.1) is 6.42 Å². The number of nitrogens with one attached hydrogen (secondary N) is 2. The summed E-state index contributed by atoms with van der Waals surface area (Å²) in [6.45, 7) is 0. The predicted octanol–water partition coefficient (Wildman–Crippen LogP) is 2.56. The minimum atomic E-state index is -0.799. The number of benzene rings is 1. The Kier molecular flexibility index (Phi) is 5.92. The quantitative estimate of drug-likeness (QED) is 0.609. The van der Waals surface area contributed by atoms with Crippen molar-refractivity contribution in [2.45, 2.75) is 44.1 Å². The molecule has 1 atom stereocenters. The maximum absolute atomic E-state index is 13.0. The van der Waals surface area contributed by atoms with Crippen molar-refractivity contribution in [2.24, 2.45) is 0 Å². The second-order valence-electron chi connectivity index (χ2n) is 6.76. The van der Waals surface area contributed by atoms with Gasteiger partial charge in [-0.1, -0.05) is 18.8 Å². The van der Waals surface area contributed by atoms with Crippen LogP contribution in [0, 0.1) is 12.3 Å². The molecule has 0 aliphatic heterocycles. The molecule has 1 saturated carbocycles. The molecule has 140 valence electrons. The molecule has 0 bridgehead atoms. The number of aromatic nitrogens is 2. The van der Waals surface area contributed by atoms with Gasteiger partial charge in [0.2, 0.25) is 0 Å². The first-order valence-corrected chi connectivity index (χ1v) is 9.09. The van der Waals surface area contributed by atoms with Gasteiger partial charge in [-0.25, -0.2) is 9.78 Å².